The number of nitrogens with zero attached hydrogens (tertiary/aromatic N) is 1. The van der Waals surface area contributed by atoms with Crippen molar-refractivity contribution in [2.75, 3.05) is 18.2 Å². The number of nitrogens with two attached hydrogens (primary N) is 1. The minimum atomic E-state index is -0.546. The number of thiazole rings is 1. The van der Waals surface area contributed by atoms with Crippen LogP contribution < -0.4 is 11.1 Å². The number of carbonyl (C=O) groups is 2. The summed E-state index contributed by atoms with van der Waals surface area (Å²) in [6.07, 6.45) is 0. The number of carbonyl (C=O) groups excluding carboxylic acids is 2. The van der Waals surface area contributed by atoms with Gasteiger partial charge in [0, 0.05) is 0 Å². The molecule has 0 bridgehead atoms. The number of ether oxygens (including phenoxy) is 1. The summed E-state index contributed by atoms with van der Waals surface area (Å²) in [5.74, 6) is -0.885. The summed E-state index contributed by atoms with van der Waals surface area (Å²) in [6, 6.07) is 7.62. The van der Waals surface area contributed by atoms with Crippen molar-refractivity contribution < 1.29 is 14.3 Å². The third-order valence-electron chi connectivity index (χ3n) is 3.28. The molecule has 118 valence electrons. The molecule has 0 unspecified atom stereocenters. The molecular weight excluding hydrogens is 334 g/mol. The number of thiophene rings is 1. The molecule has 1 amide bonds. The van der Waals surface area contributed by atoms with E-state index in [1.54, 1.807) is 6.92 Å². The van der Waals surface area contributed by atoms with Crippen LogP contribution in [0, 0.1) is 6.92 Å². The quantitative estimate of drug-likeness (QED) is 0.709. The SMILES string of the molecule is COC(=O)c1c(N)sc(C(=O)Nc2nc3ccccc3s2)c1C. The molecule has 23 heavy (non-hydrogen) atoms. The molecule has 0 spiro atoms. The van der Waals surface area contributed by atoms with Gasteiger partial charge in [0.15, 0.2) is 5.13 Å². The van der Waals surface area contributed by atoms with Crippen molar-refractivity contribution in [2.24, 2.45) is 0 Å². The predicted octanol–water partition coefficient (Wildman–Crippen LogP) is 3.29. The largest absolute Gasteiger partial charge is 0.465 e. The molecule has 0 saturated carbocycles. The maximum Gasteiger partial charge on any atom is 0.341 e. The molecule has 0 fully saturated rings. The van der Waals surface area contributed by atoms with E-state index in [9.17, 15) is 9.59 Å². The molecular formula is C15H13N3O3S2. The summed E-state index contributed by atoms with van der Waals surface area (Å²) in [4.78, 5) is 28.9. The fraction of sp³-hybridized carbons (Fsp3) is 0.133. The fourth-order valence-electron chi connectivity index (χ4n) is 2.19. The van der Waals surface area contributed by atoms with E-state index in [1.165, 1.54) is 18.4 Å². The van der Waals surface area contributed by atoms with Crippen molar-refractivity contribution in [2.45, 2.75) is 6.92 Å². The zero-order chi connectivity index (χ0) is 16.6. The van der Waals surface area contributed by atoms with Crippen LogP contribution in [0.25, 0.3) is 10.2 Å². The molecule has 3 aromatic rings. The fourth-order valence-corrected chi connectivity index (χ4v) is 4.01. The number of rotatable bonds is 3. The Labute approximate surface area is 139 Å². The molecule has 3 rings (SSSR count). The molecule has 2 aromatic heterocycles. The maximum atomic E-state index is 12.4. The first-order chi connectivity index (χ1) is 11.0. The minimum Gasteiger partial charge on any atom is -0.465 e. The number of methoxy groups -OCH3 is 1. The molecule has 0 saturated heterocycles. The Kier molecular flexibility index (Phi) is 4.01. The monoisotopic (exact) mass is 347 g/mol. The van der Waals surface area contributed by atoms with Gasteiger partial charge in [-0.3, -0.25) is 10.1 Å². The van der Waals surface area contributed by atoms with E-state index < -0.39 is 5.97 Å². The van der Waals surface area contributed by atoms with E-state index in [0.29, 0.717) is 15.6 Å². The number of amides is 1. The standard InChI is InChI=1S/C15H13N3O3S2/c1-7-10(14(20)21-2)12(16)23-11(7)13(19)18-15-17-8-5-3-4-6-9(8)22-15/h3-6H,16H2,1-2H3,(H,17,18,19). The molecule has 0 radical (unpaired) electrons. The van der Waals surface area contributed by atoms with Crippen molar-refractivity contribution in [3.8, 4) is 0 Å². The lowest BCUT2D eigenvalue weighted by Crippen LogP contribution is -2.12. The number of para-hydroxylation sites is 1. The molecule has 8 heteroatoms. The van der Waals surface area contributed by atoms with Gasteiger partial charge in [0.1, 0.15) is 5.00 Å². The van der Waals surface area contributed by atoms with Gasteiger partial charge in [0.05, 0.1) is 27.8 Å². The summed E-state index contributed by atoms with van der Waals surface area (Å²) >= 11 is 2.45. The summed E-state index contributed by atoms with van der Waals surface area (Å²) in [6.45, 7) is 1.67. The summed E-state index contributed by atoms with van der Waals surface area (Å²) in [5.41, 5.74) is 7.41. The van der Waals surface area contributed by atoms with Crippen LogP contribution >= 0.6 is 22.7 Å². The molecule has 3 N–H and O–H groups in total. The summed E-state index contributed by atoms with van der Waals surface area (Å²) < 4.78 is 5.68. The number of anilines is 2. The number of nitrogen functional groups attached to an aromatic ring is 1. The Morgan fingerprint density at radius 2 is 2.00 bits per heavy atom. The average molecular weight is 347 g/mol. The second-order valence-corrected chi connectivity index (χ2v) is 6.81. The van der Waals surface area contributed by atoms with Crippen LogP contribution in [0.5, 0.6) is 0 Å². The maximum absolute atomic E-state index is 12.4. The van der Waals surface area contributed by atoms with Crippen LogP contribution in [-0.2, 0) is 4.74 Å². The minimum absolute atomic E-state index is 0.243. The van der Waals surface area contributed by atoms with Crippen molar-refractivity contribution in [1.82, 2.24) is 4.98 Å². The third kappa shape index (κ3) is 2.78. The number of esters is 1. The van der Waals surface area contributed by atoms with Gasteiger partial charge in [0.2, 0.25) is 0 Å². The van der Waals surface area contributed by atoms with Gasteiger partial charge >= 0.3 is 5.97 Å². The lowest BCUT2D eigenvalue weighted by Gasteiger charge is -2.01. The van der Waals surface area contributed by atoms with E-state index in [4.69, 9.17) is 10.5 Å². The van der Waals surface area contributed by atoms with E-state index >= 15 is 0 Å². The van der Waals surface area contributed by atoms with Gasteiger partial charge in [-0.25, -0.2) is 9.78 Å². The first kappa shape index (κ1) is 15.4. The number of nitrogens with one attached hydrogen (secondary N) is 1. The first-order valence-electron chi connectivity index (χ1n) is 6.65. The highest BCUT2D eigenvalue weighted by Gasteiger charge is 2.24. The highest BCUT2D eigenvalue weighted by Crippen LogP contribution is 2.32. The average Bonchev–Trinajstić information content (AvgIpc) is 3.06. The lowest BCUT2D eigenvalue weighted by molar-refractivity contribution is 0.0601. The Morgan fingerprint density at radius 1 is 1.26 bits per heavy atom. The van der Waals surface area contributed by atoms with Crippen LogP contribution in [0.1, 0.15) is 25.6 Å². The molecule has 0 aliphatic carbocycles. The number of benzene rings is 1. The molecule has 6 nitrogen and oxygen atoms in total. The first-order valence-corrected chi connectivity index (χ1v) is 8.28. The van der Waals surface area contributed by atoms with Gasteiger partial charge in [0.25, 0.3) is 5.91 Å². The Balaban J connectivity index is 1.90. The number of fused-ring (bicyclic) bond motifs is 1. The van der Waals surface area contributed by atoms with Crippen LogP contribution in [0.15, 0.2) is 24.3 Å². The van der Waals surface area contributed by atoms with E-state index in [2.05, 4.69) is 10.3 Å². The van der Waals surface area contributed by atoms with Crippen LogP contribution in [0.4, 0.5) is 10.1 Å². The number of aromatic nitrogens is 1. The van der Waals surface area contributed by atoms with E-state index in [0.717, 1.165) is 21.6 Å². The van der Waals surface area contributed by atoms with Gasteiger partial charge in [-0.1, -0.05) is 23.5 Å². The van der Waals surface area contributed by atoms with Crippen molar-refractivity contribution in [3.63, 3.8) is 0 Å². The molecule has 1 aromatic carbocycles. The zero-order valence-electron chi connectivity index (χ0n) is 12.4. The molecule has 0 atom stereocenters. The lowest BCUT2D eigenvalue weighted by atomic mass is 10.1. The van der Waals surface area contributed by atoms with Crippen molar-refractivity contribution in [3.05, 3.63) is 40.3 Å². The number of hydrogen-bond acceptors (Lipinski definition) is 7. The molecule has 0 aliphatic rings. The Bertz CT molecular complexity index is 881. The third-order valence-corrected chi connectivity index (χ3v) is 5.36. The Hall–Kier alpha value is -2.45. The van der Waals surface area contributed by atoms with Crippen molar-refractivity contribution >= 4 is 54.9 Å². The molecule has 2 heterocycles. The highest BCUT2D eigenvalue weighted by atomic mass is 32.1. The predicted molar refractivity (Wildman–Crippen MR) is 92.4 cm³/mol. The summed E-state index contributed by atoms with van der Waals surface area (Å²) in [7, 11) is 1.28. The second kappa shape index (κ2) is 5.98. The topological polar surface area (TPSA) is 94.3 Å². The number of hydrogen-bond donors (Lipinski definition) is 2. The van der Waals surface area contributed by atoms with Crippen LogP contribution in [-0.4, -0.2) is 24.0 Å². The van der Waals surface area contributed by atoms with Crippen LogP contribution in [0.2, 0.25) is 0 Å². The zero-order valence-corrected chi connectivity index (χ0v) is 14.0. The normalized spacial score (nSPS) is 10.7. The highest BCUT2D eigenvalue weighted by molar-refractivity contribution is 7.22. The smallest absolute Gasteiger partial charge is 0.341 e. The van der Waals surface area contributed by atoms with Gasteiger partial charge in [-0.15, -0.1) is 11.3 Å². The second-order valence-electron chi connectivity index (χ2n) is 4.73. The summed E-state index contributed by atoms with van der Waals surface area (Å²) in [5, 5.41) is 3.53. The van der Waals surface area contributed by atoms with Gasteiger partial charge < -0.3 is 10.5 Å². The van der Waals surface area contributed by atoms with Gasteiger partial charge in [-0.05, 0) is 24.6 Å². The van der Waals surface area contributed by atoms with Crippen molar-refractivity contribution in [1.29, 1.82) is 0 Å². The molecule has 0 aliphatic heterocycles. The Morgan fingerprint density at radius 3 is 2.70 bits per heavy atom. The van der Waals surface area contributed by atoms with E-state index in [1.807, 2.05) is 24.3 Å². The van der Waals surface area contributed by atoms with E-state index in [-0.39, 0.29) is 16.5 Å². The van der Waals surface area contributed by atoms with Gasteiger partial charge in [-0.2, -0.15) is 0 Å². The van der Waals surface area contributed by atoms with Crippen LogP contribution in [0.3, 0.4) is 0 Å².